The number of hydrogen-bond acceptors (Lipinski definition) is 2. The normalized spacial score (nSPS) is 11.2. The topological polar surface area (TPSA) is 55.3 Å². The number of rotatable bonds is 4. The third-order valence-corrected chi connectivity index (χ3v) is 3.75. The first kappa shape index (κ1) is 15.2. The van der Waals surface area contributed by atoms with Gasteiger partial charge < -0.3 is 10.3 Å². The van der Waals surface area contributed by atoms with E-state index >= 15 is 0 Å². The zero-order chi connectivity index (χ0) is 16.2. The standard InChI is InChI=1S/C18H18N4S/c1-13-2-4-14(5-3-13)12-22-9-8-16-7-6-15(10-17(16)22)11-20-21-18(19)23/h2-11H,12H2,1H3,(H3,19,21,23). The van der Waals surface area contributed by atoms with Crippen LogP contribution in [-0.2, 0) is 6.54 Å². The molecule has 1 aromatic heterocycles. The summed E-state index contributed by atoms with van der Waals surface area (Å²) in [5.41, 5.74) is 12.6. The maximum Gasteiger partial charge on any atom is 0.184 e. The third kappa shape index (κ3) is 3.76. The number of nitrogens with two attached hydrogens (primary N) is 1. The lowest BCUT2D eigenvalue weighted by atomic mass is 10.1. The summed E-state index contributed by atoms with van der Waals surface area (Å²) >= 11 is 4.73. The smallest absolute Gasteiger partial charge is 0.184 e. The van der Waals surface area contributed by atoms with Gasteiger partial charge in [0.25, 0.3) is 0 Å². The molecule has 0 atom stereocenters. The molecule has 0 amide bonds. The molecule has 3 N–H and O–H groups in total. The Kier molecular flexibility index (Phi) is 4.39. The molecule has 0 unspecified atom stereocenters. The lowest BCUT2D eigenvalue weighted by Crippen LogP contribution is -2.23. The fraction of sp³-hybridized carbons (Fsp3) is 0.111. The number of fused-ring (bicyclic) bond motifs is 1. The number of hydrogen-bond donors (Lipinski definition) is 2. The summed E-state index contributed by atoms with van der Waals surface area (Å²) in [4.78, 5) is 0. The molecular weight excluding hydrogens is 304 g/mol. The van der Waals surface area contributed by atoms with Gasteiger partial charge in [0.1, 0.15) is 0 Å². The summed E-state index contributed by atoms with van der Waals surface area (Å²) < 4.78 is 2.23. The van der Waals surface area contributed by atoms with Gasteiger partial charge in [0, 0.05) is 18.3 Å². The first-order chi connectivity index (χ1) is 11.1. The molecule has 0 spiro atoms. The van der Waals surface area contributed by atoms with Crippen LogP contribution in [0.2, 0.25) is 0 Å². The molecule has 3 rings (SSSR count). The minimum Gasteiger partial charge on any atom is -0.375 e. The van der Waals surface area contributed by atoms with Gasteiger partial charge in [-0.25, -0.2) is 0 Å². The SMILES string of the molecule is Cc1ccc(Cn2ccc3ccc(C=NNC(N)=S)cc32)cc1. The van der Waals surface area contributed by atoms with Crippen molar-refractivity contribution in [3.63, 3.8) is 0 Å². The molecule has 0 aliphatic rings. The van der Waals surface area contributed by atoms with Crippen LogP contribution in [0, 0.1) is 6.92 Å². The van der Waals surface area contributed by atoms with E-state index in [2.05, 4.69) is 70.7 Å². The fourth-order valence-electron chi connectivity index (χ4n) is 2.48. The Hall–Kier alpha value is -2.66. The van der Waals surface area contributed by atoms with Gasteiger partial charge in [0.15, 0.2) is 5.11 Å². The minimum atomic E-state index is 0.157. The molecule has 116 valence electrons. The van der Waals surface area contributed by atoms with Crippen molar-refractivity contribution in [3.05, 3.63) is 71.4 Å². The zero-order valence-electron chi connectivity index (χ0n) is 12.9. The van der Waals surface area contributed by atoms with E-state index in [1.54, 1.807) is 6.21 Å². The lowest BCUT2D eigenvalue weighted by Gasteiger charge is -2.07. The van der Waals surface area contributed by atoms with Gasteiger partial charge >= 0.3 is 0 Å². The molecule has 2 aromatic carbocycles. The number of hydrazone groups is 1. The van der Waals surface area contributed by atoms with Crippen LogP contribution in [0.15, 0.2) is 59.8 Å². The van der Waals surface area contributed by atoms with Crippen LogP contribution in [0.4, 0.5) is 0 Å². The molecule has 0 fully saturated rings. The lowest BCUT2D eigenvalue weighted by molar-refractivity contribution is 0.836. The van der Waals surface area contributed by atoms with E-state index in [-0.39, 0.29) is 5.11 Å². The van der Waals surface area contributed by atoms with Crippen LogP contribution in [0.25, 0.3) is 10.9 Å². The second-order valence-corrected chi connectivity index (χ2v) is 5.92. The molecule has 4 nitrogen and oxygen atoms in total. The highest BCUT2D eigenvalue weighted by molar-refractivity contribution is 7.80. The van der Waals surface area contributed by atoms with E-state index in [1.807, 2.05) is 6.07 Å². The highest BCUT2D eigenvalue weighted by Crippen LogP contribution is 2.18. The Labute approximate surface area is 140 Å². The second kappa shape index (κ2) is 6.62. The Bertz CT molecular complexity index is 862. The predicted molar refractivity (Wildman–Crippen MR) is 99.7 cm³/mol. The van der Waals surface area contributed by atoms with Gasteiger partial charge in [0.2, 0.25) is 0 Å². The van der Waals surface area contributed by atoms with Crippen LogP contribution in [-0.4, -0.2) is 15.9 Å². The van der Waals surface area contributed by atoms with Crippen molar-refractivity contribution in [1.82, 2.24) is 9.99 Å². The van der Waals surface area contributed by atoms with Crippen LogP contribution < -0.4 is 11.2 Å². The highest BCUT2D eigenvalue weighted by atomic mass is 32.1. The number of nitrogens with zero attached hydrogens (tertiary/aromatic N) is 2. The maximum absolute atomic E-state index is 5.35. The molecule has 0 bridgehead atoms. The van der Waals surface area contributed by atoms with E-state index in [4.69, 9.17) is 18.0 Å². The van der Waals surface area contributed by atoms with Gasteiger partial charge in [-0.15, -0.1) is 0 Å². The fourth-order valence-corrected chi connectivity index (χ4v) is 2.53. The van der Waals surface area contributed by atoms with Crippen LogP contribution in [0.1, 0.15) is 16.7 Å². The van der Waals surface area contributed by atoms with Crippen molar-refractivity contribution in [2.45, 2.75) is 13.5 Å². The first-order valence-electron chi connectivity index (χ1n) is 7.35. The average molecular weight is 322 g/mol. The number of thiocarbonyl (C=S) groups is 1. The number of aryl methyl sites for hydroxylation is 1. The van der Waals surface area contributed by atoms with Crippen molar-refractivity contribution >= 4 is 34.4 Å². The van der Waals surface area contributed by atoms with Crippen molar-refractivity contribution < 1.29 is 0 Å². The van der Waals surface area contributed by atoms with E-state index in [9.17, 15) is 0 Å². The highest BCUT2D eigenvalue weighted by Gasteiger charge is 2.03. The summed E-state index contributed by atoms with van der Waals surface area (Å²) in [7, 11) is 0. The largest absolute Gasteiger partial charge is 0.375 e. The maximum atomic E-state index is 5.35. The number of aromatic nitrogens is 1. The molecule has 5 heteroatoms. The molecule has 3 aromatic rings. The molecule has 1 heterocycles. The summed E-state index contributed by atoms with van der Waals surface area (Å²) in [6.07, 6.45) is 3.82. The number of benzene rings is 2. The summed E-state index contributed by atoms with van der Waals surface area (Å²) in [6, 6.07) is 16.9. The van der Waals surface area contributed by atoms with Gasteiger partial charge in [-0.1, -0.05) is 42.0 Å². The van der Waals surface area contributed by atoms with Crippen molar-refractivity contribution in [2.75, 3.05) is 0 Å². The predicted octanol–water partition coefficient (Wildman–Crippen LogP) is 3.17. The zero-order valence-corrected chi connectivity index (χ0v) is 13.7. The summed E-state index contributed by atoms with van der Waals surface area (Å²) in [5, 5.41) is 5.37. The van der Waals surface area contributed by atoms with E-state index < -0.39 is 0 Å². The van der Waals surface area contributed by atoms with Gasteiger partial charge in [-0.3, -0.25) is 5.43 Å². The molecular formula is C18H18N4S. The van der Waals surface area contributed by atoms with Crippen molar-refractivity contribution in [2.24, 2.45) is 10.8 Å². The van der Waals surface area contributed by atoms with Gasteiger partial charge in [-0.2, -0.15) is 5.10 Å². The van der Waals surface area contributed by atoms with E-state index in [0.29, 0.717) is 0 Å². The Balaban J connectivity index is 1.87. The molecule has 0 aliphatic carbocycles. The quantitative estimate of drug-likeness (QED) is 0.441. The Morgan fingerprint density at radius 1 is 1.22 bits per heavy atom. The monoisotopic (exact) mass is 322 g/mol. The van der Waals surface area contributed by atoms with Gasteiger partial charge in [0.05, 0.1) is 6.21 Å². The minimum absolute atomic E-state index is 0.157. The van der Waals surface area contributed by atoms with Gasteiger partial charge in [-0.05, 0) is 47.8 Å². The van der Waals surface area contributed by atoms with Crippen molar-refractivity contribution in [1.29, 1.82) is 0 Å². The van der Waals surface area contributed by atoms with Crippen molar-refractivity contribution in [3.8, 4) is 0 Å². The summed E-state index contributed by atoms with van der Waals surface area (Å²) in [6.45, 7) is 2.94. The van der Waals surface area contributed by atoms with Crippen LogP contribution >= 0.6 is 12.2 Å². The molecule has 0 aliphatic heterocycles. The Morgan fingerprint density at radius 3 is 2.74 bits per heavy atom. The first-order valence-corrected chi connectivity index (χ1v) is 7.75. The average Bonchev–Trinajstić information content (AvgIpc) is 2.92. The molecule has 0 saturated heterocycles. The number of nitrogens with one attached hydrogen (secondary N) is 1. The van der Waals surface area contributed by atoms with Crippen LogP contribution in [0.3, 0.4) is 0 Å². The van der Waals surface area contributed by atoms with E-state index in [0.717, 1.165) is 12.1 Å². The summed E-state index contributed by atoms with van der Waals surface area (Å²) in [5.74, 6) is 0. The molecule has 0 saturated carbocycles. The van der Waals surface area contributed by atoms with E-state index in [1.165, 1.54) is 22.0 Å². The Morgan fingerprint density at radius 2 is 2.00 bits per heavy atom. The van der Waals surface area contributed by atoms with Crippen LogP contribution in [0.5, 0.6) is 0 Å². The second-order valence-electron chi connectivity index (χ2n) is 5.48. The molecule has 0 radical (unpaired) electrons. The third-order valence-electron chi connectivity index (χ3n) is 3.66. The molecule has 23 heavy (non-hydrogen) atoms.